The van der Waals surface area contributed by atoms with Gasteiger partial charge in [-0.3, -0.25) is 0 Å². The molecule has 106 valence electrons. The number of nitrogens with zero attached hydrogens (tertiary/aromatic N) is 5. The Morgan fingerprint density at radius 3 is 2.76 bits per heavy atom. The lowest BCUT2D eigenvalue weighted by molar-refractivity contribution is 0.755. The number of pyridine rings is 1. The maximum atomic E-state index is 5.82. The number of rotatable bonds is 4. The van der Waals surface area contributed by atoms with Gasteiger partial charge in [0.15, 0.2) is 0 Å². The predicted octanol–water partition coefficient (Wildman–Crippen LogP) is 1.98. The van der Waals surface area contributed by atoms with Crippen LogP contribution in [0.5, 0.6) is 0 Å². The third-order valence-electron chi connectivity index (χ3n) is 3.08. The molecule has 3 rings (SSSR count). The number of hydrogen-bond acceptors (Lipinski definition) is 6. The van der Waals surface area contributed by atoms with E-state index in [1.165, 1.54) is 11.8 Å². The SMILES string of the molecule is Cc1ccnc(Sc2nnnn2-c2ccccc2)c1CN. The molecule has 0 aliphatic carbocycles. The minimum absolute atomic E-state index is 0.439. The molecular formula is C14H14N6S. The van der Waals surface area contributed by atoms with Crippen molar-refractivity contribution in [2.24, 2.45) is 5.73 Å². The summed E-state index contributed by atoms with van der Waals surface area (Å²) in [4.78, 5) is 4.39. The number of nitrogens with two attached hydrogens (primary N) is 1. The van der Waals surface area contributed by atoms with E-state index in [9.17, 15) is 0 Å². The maximum absolute atomic E-state index is 5.82. The summed E-state index contributed by atoms with van der Waals surface area (Å²) in [5, 5.41) is 13.4. The Kier molecular flexibility index (Phi) is 3.94. The second-order valence-electron chi connectivity index (χ2n) is 4.43. The molecule has 3 aromatic rings. The van der Waals surface area contributed by atoms with Crippen LogP contribution >= 0.6 is 11.8 Å². The van der Waals surface area contributed by atoms with E-state index in [1.807, 2.05) is 43.3 Å². The molecule has 0 aliphatic heterocycles. The average Bonchev–Trinajstić information content (AvgIpc) is 2.97. The molecule has 21 heavy (non-hydrogen) atoms. The molecule has 0 aliphatic rings. The fraction of sp³-hybridized carbons (Fsp3) is 0.143. The topological polar surface area (TPSA) is 82.5 Å². The third kappa shape index (κ3) is 2.79. The third-order valence-corrected chi connectivity index (χ3v) is 4.07. The summed E-state index contributed by atoms with van der Waals surface area (Å²) >= 11 is 1.42. The molecule has 0 radical (unpaired) electrons. The Bertz CT molecular complexity index is 740. The number of benzene rings is 1. The van der Waals surface area contributed by atoms with Crippen molar-refractivity contribution in [3.05, 3.63) is 53.7 Å². The lowest BCUT2D eigenvalue weighted by atomic mass is 10.2. The highest BCUT2D eigenvalue weighted by atomic mass is 32.2. The molecule has 0 amide bonds. The summed E-state index contributed by atoms with van der Waals surface area (Å²) in [6.07, 6.45) is 1.77. The van der Waals surface area contributed by atoms with Gasteiger partial charge in [-0.05, 0) is 52.9 Å². The molecular weight excluding hydrogens is 284 g/mol. The van der Waals surface area contributed by atoms with Crippen molar-refractivity contribution in [2.75, 3.05) is 0 Å². The number of aromatic nitrogens is 5. The zero-order valence-corrected chi connectivity index (χ0v) is 12.3. The van der Waals surface area contributed by atoms with Gasteiger partial charge in [-0.15, -0.1) is 5.10 Å². The highest BCUT2D eigenvalue weighted by Gasteiger charge is 2.14. The van der Waals surface area contributed by atoms with Crippen LogP contribution in [0.25, 0.3) is 5.69 Å². The van der Waals surface area contributed by atoms with E-state index in [4.69, 9.17) is 5.73 Å². The summed E-state index contributed by atoms with van der Waals surface area (Å²) in [5.74, 6) is 0. The molecule has 2 aromatic heterocycles. The highest BCUT2D eigenvalue weighted by Crippen LogP contribution is 2.29. The smallest absolute Gasteiger partial charge is 0.220 e. The Hall–Kier alpha value is -2.25. The van der Waals surface area contributed by atoms with E-state index in [2.05, 4.69) is 20.5 Å². The van der Waals surface area contributed by atoms with E-state index in [-0.39, 0.29) is 0 Å². The lowest BCUT2D eigenvalue weighted by Crippen LogP contribution is -2.04. The molecule has 0 saturated carbocycles. The standard InChI is InChI=1S/C14H14N6S/c1-10-7-8-16-13(12(10)9-15)21-14-17-18-19-20(14)11-5-3-2-4-6-11/h2-8H,9,15H2,1H3. The summed E-state index contributed by atoms with van der Waals surface area (Å²) in [6.45, 7) is 2.46. The lowest BCUT2D eigenvalue weighted by Gasteiger charge is -2.09. The van der Waals surface area contributed by atoms with Crippen molar-refractivity contribution in [3.8, 4) is 5.69 Å². The zero-order chi connectivity index (χ0) is 14.7. The van der Waals surface area contributed by atoms with Crippen LogP contribution in [0.4, 0.5) is 0 Å². The number of para-hydroxylation sites is 1. The molecule has 0 spiro atoms. The molecule has 0 fully saturated rings. The van der Waals surface area contributed by atoms with Gasteiger partial charge in [-0.1, -0.05) is 18.2 Å². The Balaban J connectivity index is 1.98. The van der Waals surface area contributed by atoms with Crippen LogP contribution in [0.1, 0.15) is 11.1 Å². The molecule has 2 N–H and O–H groups in total. The summed E-state index contributed by atoms with van der Waals surface area (Å²) in [7, 11) is 0. The molecule has 0 bridgehead atoms. The fourth-order valence-electron chi connectivity index (χ4n) is 1.96. The second-order valence-corrected chi connectivity index (χ2v) is 5.38. The molecule has 0 saturated heterocycles. The van der Waals surface area contributed by atoms with E-state index >= 15 is 0 Å². The normalized spacial score (nSPS) is 10.8. The number of aryl methyl sites for hydroxylation is 1. The van der Waals surface area contributed by atoms with Crippen molar-refractivity contribution >= 4 is 11.8 Å². The van der Waals surface area contributed by atoms with Gasteiger partial charge in [-0.2, -0.15) is 4.68 Å². The van der Waals surface area contributed by atoms with Crippen LogP contribution in [0.3, 0.4) is 0 Å². The van der Waals surface area contributed by atoms with E-state index in [0.29, 0.717) is 11.7 Å². The van der Waals surface area contributed by atoms with Crippen molar-refractivity contribution < 1.29 is 0 Å². The molecule has 2 heterocycles. The fourth-order valence-corrected chi connectivity index (χ4v) is 2.92. The van der Waals surface area contributed by atoms with Gasteiger partial charge in [0, 0.05) is 18.3 Å². The first-order chi connectivity index (χ1) is 10.3. The minimum atomic E-state index is 0.439. The van der Waals surface area contributed by atoms with Gasteiger partial charge < -0.3 is 5.73 Å². The number of tetrazole rings is 1. The van der Waals surface area contributed by atoms with E-state index in [0.717, 1.165) is 21.8 Å². The van der Waals surface area contributed by atoms with Crippen molar-refractivity contribution in [2.45, 2.75) is 23.7 Å². The van der Waals surface area contributed by atoms with E-state index < -0.39 is 0 Å². The summed E-state index contributed by atoms with van der Waals surface area (Å²) < 4.78 is 1.69. The first-order valence-electron chi connectivity index (χ1n) is 6.46. The summed E-state index contributed by atoms with van der Waals surface area (Å²) in [5.41, 5.74) is 8.86. The Labute approximate surface area is 126 Å². The molecule has 7 heteroatoms. The first-order valence-corrected chi connectivity index (χ1v) is 7.27. The van der Waals surface area contributed by atoms with Crippen LogP contribution in [-0.2, 0) is 6.54 Å². The monoisotopic (exact) mass is 298 g/mol. The van der Waals surface area contributed by atoms with Crippen LogP contribution < -0.4 is 5.73 Å². The van der Waals surface area contributed by atoms with Gasteiger partial charge in [0.05, 0.1) is 5.69 Å². The van der Waals surface area contributed by atoms with Gasteiger partial charge in [0.2, 0.25) is 5.16 Å². The van der Waals surface area contributed by atoms with Gasteiger partial charge in [0.25, 0.3) is 0 Å². The molecule has 0 unspecified atom stereocenters. The molecule has 0 atom stereocenters. The predicted molar refractivity (Wildman–Crippen MR) is 80.1 cm³/mol. The quantitative estimate of drug-likeness (QED) is 0.793. The van der Waals surface area contributed by atoms with Gasteiger partial charge in [0.1, 0.15) is 5.03 Å². The van der Waals surface area contributed by atoms with Crippen LogP contribution in [0.15, 0.2) is 52.8 Å². The summed E-state index contributed by atoms with van der Waals surface area (Å²) in [6, 6.07) is 11.7. The molecule has 6 nitrogen and oxygen atoms in total. The highest BCUT2D eigenvalue weighted by molar-refractivity contribution is 7.99. The average molecular weight is 298 g/mol. The van der Waals surface area contributed by atoms with Gasteiger partial charge >= 0.3 is 0 Å². The van der Waals surface area contributed by atoms with Gasteiger partial charge in [-0.25, -0.2) is 4.98 Å². The Morgan fingerprint density at radius 1 is 1.19 bits per heavy atom. The second kappa shape index (κ2) is 6.02. The first kappa shape index (κ1) is 13.7. The van der Waals surface area contributed by atoms with E-state index in [1.54, 1.807) is 10.9 Å². The van der Waals surface area contributed by atoms with Crippen molar-refractivity contribution in [1.29, 1.82) is 0 Å². The van der Waals surface area contributed by atoms with Crippen molar-refractivity contribution in [1.82, 2.24) is 25.2 Å². The van der Waals surface area contributed by atoms with Crippen LogP contribution in [0, 0.1) is 6.92 Å². The van der Waals surface area contributed by atoms with Crippen LogP contribution in [0.2, 0.25) is 0 Å². The van der Waals surface area contributed by atoms with Crippen LogP contribution in [-0.4, -0.2) is 25.2 Å². The largest absolute Gasteiger partial charge is 0.326 e. The Morgan fingerprint density at radius 2 is 2.00 bits per heavy atom. The molecule has 1 aromatic carbocycles. The van der Waals surface area contributed by atoms with Crippen molar-refractivity contribution in [3.63, 3.8) is 0 Å². The minimum Gasteiger partial charge on any atom is -0.326 e. The zero-order valence-electron chi connectivity index (χ0n) is 11.5. The maximum Gasteiger partial charge on any atom is 0.220 e. The number of hydrogen-bond donors (Lipinski definition) is 1.